The summed E-state index contributed by atoms with van der Waals surface area (Å²) in [5.41, 5.74) is 2.61. The fourth-order valence-electron chi connectivity index (χ4n) is 0.292. The number of hydroxylamine groups is 1. The molecule has 68 valence electrons. The van der Waals surface area contributed by atoms with E-state index in [0.29, 0.717) is 13.1 Å². The molecule has 0 saturated heterocycles. The van der Waals surface area contributed by atoms with Crippen LogP contribution in [0.1, 0.15) is 0 Å². The van der Waals surface area contributed by atoms with Crippen LogP contribution < -0.4 is 5.48 Å². The molecule has 0 aliphatic rings. The molecule has 0 fully saturated rings. The van der Waals surface area contributed by atoms with E-state index in [0.717, 1.165) is 0 Å². The summed E-state index contributed by atoms with van der Waals surface area (Å²) in [7, 11) is -1.04. The lowest BCUT2D eigenvalue weighted by Gasteiger charge is -2.22. The molecule has 0 aromatic rings. The highest BCUT2D eigenvalue weighted by atomic mass is 32.3. The van der Waals surface area contributed by atoms with Crippen molar-refractivity contribution in [3.8, 4) is 0 Å². The molecule has 0 radical (unpaired) electrons. The van der Waals surface area contributed by atoms with Crippen molar-refractivity contribution in [1.29, 1.82) is 0 Å². The first kappa shape index (κ1) is 10.9. The third-order valence-corrected chi connectivity index (χ3v) is 1.15. The summed E-state index contributed by atoms with van der Waals surface area (Å²) in [6.07, 6.45) is 5.96. The summed E-state index contributed by atoms with van der Waals surface area (Å²) in [5.74, 6) is 0. The van der Waals surface area contributed by atoms with Crippen LogP contribution in [0.4, 0.5) is 0 Å². The lowest BCUT2D eigenvalue weighted by atomic mass is 10.7. The smallest absolute Gasteiger partial charge is 0.0531 e. The zero-order chi connectivity index (χ0) is 8.74. The molecule has 0 aromatic heterocycles. The van der Waals surface area contributed by atoms with Crippen molar-refractivity contribution in [2.24, 2.45) is 4.99 Å². The molecule has 5 heteroatoms. The van der Waals surface area contributed by atoms with E-state index in [2.05, 4.69) is 17.2 Å². The molecule has 0 aromatic carbocycles. The van der Waals surface area contributed by atoms with Crippen LogP contribution in [0, 0.1) is 0 Å². The van der Waals surface area contributed by atoms with Crippen molar-refractivity contribution < 1.29 is 9.32 Å². The minimum atomic E-state index is -1.04. The van der Waals surface area contributed by atoms with E-state index in [1.165, 1.54) is 0 Å². The second kappa shape index (κ2) is 5.54. The Morgan fingerprint density at radius 1 is 1.45 bits per heavy atom. The molecular weight excluding hydrogens is 164 g/mol. The molecule has 11 heavy (non-hydrogen) atoms. The molecular formula is C6H16N2O2S. The Balaban J connectivity index is 3.08. The second-order valence-corrected chi connectivity index (χ2v) is 6.30. The Kier molecular flexibility index (Phi) is 5.49. The van der Waals surface area contributed by atoms with E-state index in [9.17, 15) is 0 Å². The molecule has 0 rings (SSSR count). The third-order valence-electron chi connectivity index (χ3n) is 0.669. The van der Waals surface area contributed by atoms with E-state index >= 15 is 0 Å². The molecule has 0 atom stereocenters. The standard InChI is InChI=1S/C6H16N2O2S/c1-7-5-6-8-9-10-11(2,3)4/h8H,1,5-6H2,2-4H3. The van der Waals surface area contributed by atoms with E-state index in [-0.39, 0.29) is 0 Å². The van der Waals surface area contributed by atoms with Crippen LogP contribution in [-0.4, -0.2) is 38.6 Å². The summed E-state index contributed by atoms with van der Waals surface area (Å²) >= 11 is 0. The zero-order valence-corrected chi connectivity index (χ0v) is 8.11. The average molecular weight is 180 g/mol. The number of hydrogen-bond donors (Lipinski definition) is 1. The Bertz CT molecular complexity index is 114. The van der Waals surface area contributed by atoms with Gasteiger partial charge in [-0.3, -0.25) is 4.99 Å². The lowest BCUT2D eigenvalue weighted by Crippen LogP contribution is -2.19. The highest BCUT2D eigenvalue weighted by Crippen LogP contribution is 2.35. The van der Waals surface area contributed by atoms with Crippen LogP contribution in [0.15, 0.2) is 4.99 Å². The Morgan fingerprint density at radius 3 is 2.55 bits per heavy atom. The van der Waals surface area contributed by atoms with E-state index in [1.807, 2.05) is 18.8 Å². The van der Waals surface area contributed by atoms with Gasteiger partial charge in [-0.05, 0) is 25.5 Å². The van der Waals surface area contributed by atoms with Crippen LogP contribution in [0.5, 0.6) is 0 Å². The van der Waals surface area contributed by atoms with Gasteiger partial charge in [0, 0.05) is 6.54 Å². The molecule has 4 nitrogen and oxygen atoms in total. The molecule has 0 heterocycles. The first-order chi connectivity index (χ1) is 5.06. The van der Waals surface area contributed by atoms with Gasteiger partial charge >= 0.3 is 0 Å². The minimum Gasteiger partial charge on any atom is -0.300 e. The number of rotatable bonds is 6. The highest BCUT2D eigenvalue weighted by Gasteiger charge is 2.03. The van der Waals surface area contributed by atoms with Crippen LogP contribution in [0.3, 0.4) is 0 Å². The Hall–Kier alpha value is -0.100. The maximum absolute atomic E-state index is 4.99. The van der Waals surface area contributed by atoms with Gasteiger partial charge in [0.15, 0.2) is 0 Å². The van der Waals surface area contributed by atoms with Crippen molar-refractivity contribution >= 4 is 17.0 Å². The van der Waals surface area contributed by atoms with Crippen LogP contribution in [0.2, 0.25) is 0 Å². The number of nitrogens with zero attached hydrogens (tertiary/aromatic N) is 1. The fraction of sp³-hybridized carbons (Fsp3) is 0.833. The lowest BCUT2D eigenvalue weighted by molar-refractivity contribution is -0.247. The quantitative estimate of drug-likeness (QED) is 0.284. The molecule has 0 aliphatic carbocycles. The second-order valence-electron chi connectivity index (χ2n) is 2.72. The topological polar surface area (TPSA) is 42.9 Å². The molecule has 0 aliphatic heterocycles. The zero-order valence-electron chi connectivity index (χ0n) is 7.29. The van der Waals surface area contributed by atoms with Gasteiger partial charge in [0.25, 0.3) is 0 Å². The van der Waals surface area contributed by atoms with E-state index in [1.54, 1.807) is 0 Å². The molecule has 0 bridgehead atoms. The maximum Gasteiger partial charge on any atom is 0.0531 e. The maximum atomic E-state index is 4.99. The van der Waals surface area contributed by atoms with Crippen molar-refractivity contribution in [2.75, 3.05) is 31.9 Å². The predicted molar refractivity (Wildman–Crippen MR) is 50.0 cm³/mol. The van der Waals surface area contributed by atoms with Gasteiger partial charge in [-0.25, -0.2) is 0 Å². The first-order valence-electron chi connectivity index (χ1n) is 3.25. The van der Waals surface area contributed by atoms with Crippen molar-refractivity contribution in [1.82, 2.24) is 5.48 Å². The van der Waals surface area contributed by atoms with Crippen LogP contribution >= 0.6 is 10.3 Å². The van der Waals surface area contributed by atoms with Crippen LogP contribution in [0.25, 0.3) is 0 Å². The average Bonchev–Trinajstić information content (AvgIpc) is 1.85. The molecule has 0 saturated carbocycles. The molecule has 0 unspecified atom stereocenters. The Morgan fingerprint density at radius 2 is 2.09 bits per heavy atom. The summed E-state index contributed by atoms with van der Waals surface area (Å²) in [4.78, 5) is 8.33. The van der Waals surface area contributed by atoms with Crippen molar-refractivity contribution in [2.45, 2.75) is 0 Å². The normalized spacial score (nSPS) is 13.0. The number of hydrogen-bond acceptors (Lipinski definition) is 4. The van der Waals surface area contributed by atoms with Gasteiger partial charge in [0.2, 0.25) is 0 Å². The molecule has 0 amide bonds. The summed E-state index contributed by atoms with van der Waals surface area (Å²) in [6.45, 7) is 4.58. The van der Waals surface area contributed by atoms with Gasteiger partial charge in [-0.15, -0.1) is 15.3 Å². The van der Waals surface area contributed by atoms with Gasteiger partial charge in [-0.1, -0.05) is 0 Å². The summed E-state index contributed by atoms with van der Waals surface area (Å²) in [6, 6.07) is 0. The van der Waals surface area contributed by atoms with Gasteiger partial charge in [-0.2, -0.15) is 9.81 Å². The third kappa shape index (κ3) is 9.90. The SMILES string of the molecule is C=NCCNOOS(C)(C)C. The summed E-state index contributed by atoms with van der Waals surface area (Å²) < 4.78 is 4.99. The van der Waals surface area contributed by atoms with E-state index in [4.69, 9.17) is 9.32 Å². The Labute approximate surface area is 69.4 Å². The predicted octanol–water partition coefficient (Wildman–Crippen LogP) is 0.749. The number of nitrogens with one attached hydrogen (secondary N) is 1. The number of aliphatic imine (C=N–C) groups is 1. The minimum absolute atomic E-state index is 0.624. The molecule has 1 N–H and O–H groups in total. The first-order valence-corrected chi connectivity index (χ1v) is 6.03. The summed E-state index contributed by atoms with van der Waals surface area (Å²) in [5, 5.41) is 0. The van der Waals surface area contributed by atoms with E-state index < -0.39 is 10.3 Å². The monoisotopic (exact) mass is 180 g/mol. The largest absolute Gasteiger partial charge is 0.300 e. The van der Waals surface area contributed by atoms with Crippen molar-refractivity contribution in [3.63, 3.8) is 0 Å². The van der Waals surface area contributed by atoms with Crippen LogP contribution in [-0.2, 0) is 9.32 Å². The van der Waals surface area contributed by atoms with Gasteiger partial charge in [0.05, 0.1) is 6.54 Å². The molecule has 0 spiro atoms. The van der Waals surface area contributed by atoms with Gasteiger partial charge < -0.3 is 0 Å². The highest BCUT2D eigenvalue weighted by molar-refractivity contribution is 8.28. The van der Waals surface area contributed by atoms with Gasteiger partial charge in [0.1, 0.15) is 0 Å². The van der Waals surface area contributed by atoms with Crippen molar-refractivity contribution in [3.05, 3.63) is 0 Å². The fourth-order valence-corrected chi connectivity index (χ4v) is 0.545.